The van der Waals surface area contributed by atoms with E-state index in [-0.39, 0.29) is 28.8 Å². The summed E-state index contributed by atoms with van der Waals surface area (Å²) >= 11 is -0.489. The summed E-state index contributed by atoms with van der Waals surface area (Å²) in [5.74, 6) is 0. The van der Waals surface area contributed by atoms with Crippen LogP contribution in [0.4, 0.5) is 0 Å². The molecule has 0 unspecified atom stereocenters. The number of hydrogen-bond acceptors (Lipinski definition) is 2. The maximum absolute atomic E-state index is 5.08. The average Bonchev–Trinajstić information content (AvgIpc) is 2.90. The SMILES string of the molecule is CC1(C)C=CC(C)(C)C12N=NC1([Te]2)C(C)(C)C=CC1(C)C. The van der Waals surface area contributed by atoms with Crippen molar-refractivity contribution < 1.29 is 0 Å². The Morgan fingerprint density at radius 3 is 1.00 bits per heavy atom. The van der Waals surface area contributed by atoms with E-state index >= 15 is 0 Å². The van der Waals surface area contributed by atoms with Gasteiger partial charge in [0.25, 0.3) is 0 Å². The van der Waals surface area contributed by atoms with Crippen molar-refractivity contribution in [1.82, 2.24) is 0 Å². The zero-order valence-corrected chi connectivity index (χ0v) is 16.9. The number of hydrogen-bond donors (Lipinski definition) is 0. The minimum atomic E-state index is -0.489. The van der Waals surface area contributed by atoms with E-state index in [9.17, 15) is 0 Å². The van der Waals surface area contributed by atoms with Crippen LogP contribution in [0.15, 0.2) is 34.5 Å². The molecule has 116 valence electrons. The molecule has 0 saturated carbocycles. The van der Waals surface area contributed by atoms with E-state index in [0.29, 0.717) is 0 Å². The van der Waals surface area contributed by atoms with E-state index in [2.05, 4.69) is 79.7 Å². The van der Waals surface area contributed by atoms with Crippen molar-refractivity contribution in [3.8, 4) is 0 Å². The molecule has 3 heteroatoms. The Kier molecular flexibility index (Phi) is 2.89. The second kappa shape index (κ2) is 3.85. The van der Waals surface area contributed by atoms with Gasteiger partial charge in [-0.25, -0.2) is 0 Å². The van der Waals surface area contributed by atoms with Crippen molar-refractivity contribution >= 4 is 20.9 Å². The molecule has 1 aliphatic heterocycles. The van der Waals surface area contributed by atoms with Gasteiger partial charge in [-0.2, -0.15) is 0 Å². The van der Waals surface area contributed by atoms with Gasteiger partial charge < -0.3 is 0 Å². The minimum absolute atomic E-state index is 0.00556. The van der Waals surface area contributed by atoms with E-state index in [4.69, 9.17) is 10.2 Å². The van der Waals surface area contributed by atoms with Crippen LogP contribution in [0.3, 0.4) is 0 Å². The van der Waals surface area contributed by atoms with E-state index in [1.807, 2.05) is 0 Å². The molecule has 0 aromatic rings. The predicted octanol–water partition coefficient (Wildman–Crippen LogP) is 4.79. The van der Waals surface area contributed by atoms with Gasteiger partial charge in [0.15, 0.2) is 0 Å². The van der Waals surface area contributed by atoms with Crippen LogP contribution in [-0.4, -0.2) is 28.1 Å². The van der Waals surface area contributed by atoms with Crippen LogP contribution in [-0.2, 0) is 0 Å². The molecule has 0 fully saturated rings. The van der Waals surface area contributed by atoms with Crippen LogP contribution < -0.4 is 0 Å². The fourth-order valence-electron chi connectivity index (χ4n) is 4.38. The first-order chi connectivity index (χ1) is 9.33. The topological polar surface area (TPSA) is 24.7 Å². The van der Waals surface area contributed by atoms with Gasteiger partial charge in [0, 0.05) is 0 Å². The molecule has 0 aromatic heterocycles. The summed E-state index contributed by atoms with van der Waals surface area (Å²) in [4.78, 5) is 0. The maximum atomic E-state index is 5.08. The molecule has 0 radical (unpaired) electrons. The van der Waals surface area contributed by atoms with Gasteiger partial charge in [0.05, 0.1) is 0 Å². The van der Waals surface area contributed by atoms with Crippen molar-refractivity contribution in [2.75, 3.05) is 0 Å². The Hall–Kier alpha value is -0.130. The molecule has 3 aliphatic rings. The van der Waals surface area contributed by atoms with Gasteiger partial charge in [0.1, 0.15) is 0 Å². The molecule has 0 bridgehead atoms. The molecule has 0 aromatic carbocycles. The standard InChI is InChI=1S/C18H28N2Te/c1-13(2)9-10-14(3,4)17(13)19-20-18(21-17)15(5,6)11-12-16(18,7)8/h9-12H,1-8H3. The number of azo groups is 1. The monoisotopic (exact) mass is 402 g/mol. The Labute approximate surface area is 139 Å². The van der Waals surface area contributed by atoms with Gasteiger partial charge in [0.2, 0.25) is 0 Å². The van der Waals surface area contributed by atoms with Crippen LogP contribution in [0.2, 0.25) is 0 Å². The molecular weight excluding hydrogens is 372 g/mol. The summed E-state index contributed by atoms with van der Waals surface area (Å²) < 4.78 is 0.0111. The van der Waals surface area contributed by atoms with E-state index in [1.54, 1.807) is 0 Å². The van der Waals surface area contributed by atoms with Crippen molar-refractivity contribution in [2.45, 2.75) is 62.6 Å². The van der Waals surface area contributed by atoms with Crippen molar-refractivity contribution in [2.24, 2.45) is 31.9 Å². The van der Waals surface area contributed by atoms with Gasteiger partial charge in [-0.15, -0.1) is 0 Å². The first kappa shape index (κ1) is 15.8. The van der Waals surface area contributed by atoms with E-state index in [1.165, 1.54) is 0 Å². The van der Waals surface area contributed by atoms with Crippen LogP contribution in [0.5, 0.6) is 0 Å². The first-order valence-electron chi connectivity index (χ1n) is 7.88. The van der Waals surface area contributed by atoms with Crippen LogP contribution in [0.1, 0.15) is 55.4 Å². The summed E-state index contributed by atoms with van der Waals surface area (Å²) in [5, 5.41) is 10.2. The second-order valence-corrected chi connectivity index (χ2v) is 13.1. The Morgan fingerprint density at radius 2 is 0.762 bits per heavy atom. The van der Waals surface area contributed by atoms with Gasteiger partial charge in [-0.3, -0.25) is 0 Å². The summed E-state index contributed by atoms with van der Waals surface area (Å²) in [5.41, 5.74) is 0.446. The van der Waals surface area contributed by atoms with Crippen LogP contribution in [0.25, 0.3) is 0 Å². The summed E-state index contributed by atoms with van der Waals surface area (Å²) in [6, 6.07) is 0. The van der Waals surface area contributed by atoms with Crippen molar-refractivity contribution in [3.63, 3.8) is 0 Å². The number of rotatable bonds is 0. The molecule has 21 heavy (non-hydrogen) atoms. The Bertz CT molecular complexity index is 490. The third kappa shape index (κ3) is 1.61. The molecule has 2 aliphatic carbocycles. The normalized spacial score (nSPS) is 34.3. The van der Waals surface area contributed by atoms with Gasteiger partial charge >= 0.3 is 140 Å². The zero-order valence-electron chi connectivity index (χ0n) is 14.6. The molecule has 1 heterocycles. The molecule has 0 amide bonds. The molecule has 0 N–H and O–H groups in total. The molecule has 3 rings (SSSR count). The van der Waals surface area contributed by atoms with E-state index in [0.717, 1.165) is 0 Å². The fourth-order valence-corrected chi connectivity index (χ4v) is 9.85. The van der Waals surface area contributed by atoms with Gasteiger partial charge in [-0.05, 0) is 0 Å². The molecule has 2 spiro atoms. The van der Waals surface area contributed by atoms with Crippen molar-refractivity contribution in [1.29, 1.82) is 0 Å². The number of nitrogens with zero attached hydrogens (tertiary/aromatic N) is 2. The van der Waals surface area contributed by atoms with Crippen LogP contribution >= 0.6 is 0 Å². The first-order valence-corrected chi connectivity index (χ1v) is 10.2. The van der Waals surface area contributed by atoms with Crippen molar-refractivity contribution in [3.05, 3.63) is 24.3 Å². The third-order valence-electron chi connectivity index (χ3n) is 5.95. The quantitative estimate of drug-likeness (QED) is 0.413. The fraction of sp³-hybridized carbons (Fsp3) is 0.778. The molecular formula is C18H28N2Te. The van der Waals surface area contributed by atoms with Crippen LogP contribution in [0, 0.1) is 21.7 Å². The third-order valence-corrected chi connectivity index (χ3v) is 14.1. The van der Waals surface area contributed by atoms with E-state index < -0.39 is 20.9 Å². The Balaban J connectivity index is 2.14. The average molecular weight is 400 g/mol. The predicted molar refractivity (Wildman–Crippen MR) is 89.5 cm³/mol. The zero-order chi connectivity index (χ0) is 15.9. The molecule has 0 atom stereocenters. The molecule has 2 nitrogen and oxygen atoms in total. The summed E-state index contributed by atoms with van der Waals surface area (Å²) in [7, 11) is 0. The summed E-state index contributed by atoms with van der Waals surface area (Å²) in [6.07, 6.45) is 9.55. The van der Waals surface area contributed by atoms with Gasteiger partial charge in [-0.1, -0.05) is 0 Å². The Morgan fingerprint density at radius 1 is 0.524 bits per heavy atom. The summed E-state index contributed by atoms with van der Waals surface area (Å²) in [6.45, 7) is 18.8. The molecule has 0 saturated heterocycles. The second-order valence-electron chi connectivity index (χ2n) is 9.14.